The number of hydrogen-bond donors (Lipinski definition) is 1. The van der Waals surface area contributed by atoms with Gasteiger partial charge >= 0.3 is 0 Å². The molecule has 0 aliphatic heterocycles. The first-order valence-corrected chi connectivity index (χ1v) is 13.1. The summed E-state index contributed by atoms with van der Waals surface area (Å²) in [6.45, 7) is 7.30. The SMILES string of the molecule is CCN(CC)S(=O)(=O)c1ccc2c(c1)nc(CCC(=O)NC1CCCCCC1)n2CC. The van der Waals surface area contributed by atoms with E-state index < -0.39 is 10.0 Å². The minimum atomic E-state index is -3.53. The van der Waals surface area contributed by atoms with Crippen LogP contribution >= 0.6 is 0 Å². The van der Waals surface area contributed by atoms with E-state index in [0.29, 0.717) is 37.5 Å². The highest BCUT2D eigenvalue weighted by Crippen LogP contribution is 2.24. The van der Waals surface area contributed by atoms with E-state index in [1.807, 2.05) is 26.8 Å². The van der Waals surface area contributed by atoms with Crippen molar-refractivity contribution in [1.82, 2.24) is 19.2 Å². The molecule has 0 unspecified atom stereocenters. The van der Waals surface area contributed by atoms with Crippen LogP contribution in [0.4, 0.5) is 0 Å². The Labute approximate surface area is 186 Å². The zero-order valence-electron chi connectivity index (χ0n) is 19.1. The lowest BCUT2D eigenvalue weighted by atomic mass is 10.1. The Bertz CT molecular complexity index is 988. The summed E-state index contributed by atoms with van der Waals surface area (Å²) in [7, 11) is -3.53. The summed E-state index contributed by atoms with van der Waals surface area (Å²) < 4.78 is 29.3. The van der Waals surface area contributed by atoms with Crippen molar-refractivity contribution in [3.63, 3.8) is 0 Å². The van der Waals surface area contributed by atoms with Crippen molar-refractivity contribution in [3.05, 3.63) is 24.0 Å². The Balaban J connectivity index is 1.75. The van der Waals surface area contributed by atoms with Crippen molar-refractivity contribution in [2.24, 2.45) is 0 Å². The lowest BCUT2D eigenvalue weighted by Gasteiger charge is -2.18. The van der Waals surface area contributed by atoms with Crippen molar-refractivity contribution < 1.29 is 13.2 Å². The van der Waals surface area contributed by atoms with Crippen LogP contribution in [-0.4, -0.2) is 47.3 Å². The largest absolute Gasteiger partial charge is 0.353 e. The maximum Gasteiger partial charge on any atom is 0.243 e. The minimum absolute atomic E-state index is 0.0754. The molecule has 172 valence electrons. The number of nitrogens with one attached hydrogen (secondary N) is 1. The first kappa shape index (κ1) is 23.7. The van der Waals surface area contributed by atoms with Crippen LogP contribution in [0.2, 0.25) is 0 Å². The fourth-order valence-electron chi connectivity index (χ4n) is 4.53. The Morgan fingerprint density at radius 3 is 2.42 bits per heavy atom. The molecule has 1 aromatic heterocycles. The Hall–Kier alpha value is -1.93. The number of amides is 1. The monoisotopic (exact) mass is 448 g/mol. The highest BCUT2D eigenvalue weighted by molar-refractivity contribution is 7.89. The third-order valence-corrected chi connectivity index (χ3v) is 8.30. The molecule has 1 saturated carbocycles. The van der Waals surface area contributed by atoms with Gasteiger partial charge in [-0.3, -0.25) is 4.79 Å². The maximum atomic E-state index is 12.9. The quantitative estimate of drug-likeness (QED) is 0.591. The summed E-state index contributed by atoms with van der Waals surface area (Å²) in [5.41, 5.74) is 1.56. The third kappa shape index (κ3) is 5.47. The predicted molar refractivity (Wildman–Crippen MR) is 123 cm³/mol. The van der Waals surface area contributed by atoms with Crippen LogP contribution in [0.25, 0.3) is 11.0 Å². The summed E-state index contributed by atoms with van der Waals surface area (Å²) in [6, 6.07) is 5.45. The zero-order chi connectivity index (χ0) is 22.4. The molecule has 2 aromatic rings. The molecule has 0 bridgehead atoms. The van der Waals surface area contributed by atoms with Crippen LogP contribution in [0, 0.1) is 0 Å². The Morgan fingerprint density at radius 1 is 1.13 bits per heavy atom. The van der Waals surface area contributed by atoms with Gasteiger partial charge in [0, 0.05) is 38.5 Å². The van der Waals surface area contributed by atoms with Crippen molar-refractivity contribution >= 4 is 27.0 Å². The van der Waals surface area contributed by atoms with Gasteiger partial charge in [0.2, 0.25) is 15.9 Å². The van der Waals surface area contributed by atoms with E-state index in [9.17, 15) is 13.2 Å². The number of hydrogen-bond acceptors (Lipinski definition) is 4. The van der Waals surface area contributed by atoms with E-state index in [1.165, 1.54) is 30.0 Å². The predicted octanol–water partition coefficient (Wildman–Crippen LogP) is 3.86. The molecule has 1 aliphatic carbocycles. The van der Waals surface area contributed by atoms with Crippen molar-refractivity contribution in [3.8, 4) is 0 Å². The number of imidazole rings is 1. The number of nitrogens with zero attached hydrogens (tertiary/aromatic N) is 3. The van der Waals surface area contributed by atoms with E-state index in [4.69, 9.17) is 4.98 Å². The van der Waals surface area contributed by atoms with Gasteiger partial charge in [-0.15, -0.1) is 0 Å². The average molecular weight is 449 g/mol. The van der Waals surface area contributed by atoms with Gasteiger partial charge in [0.1, 0.15) is 5.82 Å². The van der Waals surface area contributed by atoms with Crippen LogP contribution in [0.1, 0.15) is 71.5 Å². The Morgan fingerprint density at radius 2 is 1.81 bits per heavy atom. The van der Waals surface area contributed by atoms with Gasteiger partial charge in [0.15, 0.2) is 0 Å². The summed E-state index contributed by atoms with van der Waals surface area (Å²) in [5.74, 6) is 0.900. The molecule has 1 amide bonds. The van der Waals surface area contributed by atoms with E-state index in [-0.39, 0.29) is 10.8 Å². The molecule has 1 heterocycles. The number of sulfonamides is 1. The molecule has 0 atom stereocenters. The van der Waals surface area contributed by atoms with Gasteiger partial charge in [0.05, 0.1) is 15.9 Å². The van der Waals surface area contributed by atoms with E-state index in [1.54, 1.807) is 12.1 Å². The van der Waals surface area contributed by atoms with Crippen molar-refractivity contribution in [2.75, 3.05) is 13.1 Å². The van der Waals surface area contributed by atoms with E-state index in [0.717, 1.165) is 30.7 Å². The molecular formula is C23H36N4O3S. The second-order valence-electron chi connectivity index (χ2n) is 8.27. The molecule has 31 heavy (non-hydrogen) atoms. The fraction of sp³-hybridized carbons (Fsp3) is 0.652. The average Bonchev–Trinajstić information content (AvgIpc) is 2.90. The molecule has 7 nitrogen and oxygen atoms in total. The van der Waals surface area contributed by atoms with Gasteiger partial charge < -0.3 is 9.88 Å². The molecule has 1 N–H and O–H groups in total. The molecule has 1 aromatic carbocycles. The minimum Gasteiger partial charge on any atom is -0.353 e. The van der Waals surface area contributed by atoms with Gasteiger partial charge in [-0.05, 0) is 38.0 Å². The zero-order valence-corrected chi connectivity index (χ0v) is 19.9. The number of benzene rings is 1. The second kappa shape index (κ2) is 10.6. The molecule has 1 aliphatic rings. The number of carbonyl (C=O) groups is 1. The summed E-state index contributed by atoms with van der Waals surface area (Å²) in [5, 5.41) is 3.19. The standard InChI is InChI=1S/C23H36N4O3S/c1-4-26(5-2)31(29,30)19-13-14-21-20(17-19)25-22(27(21)6-3)15-16-23(28)24-18-11-9-7-8-10-12-18/h13-14,17-18H,4-12,15-16H2,1-3H3,(H,24,28). The molecule has 1 fully saturated rings. The van der Waals surface area contributed by atoms with Crippen LogP contribution in [0.15, 0.2) is 23.1 Å². The maximum absolute atomic E-state index is 12.9. The number of carbonyl (C=O) groups excluding carboxylic acids is 1. The highest BCUT2D eigenvalue weighted by Gasteiger charge is 2.23. The summed E-state index contributed by atoms with van der Waals surface area (Å²) in [6.07, 6.45) is 7.98. The van der Waals surface area contributed by atoms with Crippen LogP contribution in [0.5, 0.6) is 0 Å². The number of aryl methyl sites for hydroxylation is 2. The lowest BCUT2D eigenvalue weighted by molar-refractivity contribution is -0.121. The lowest BCUT2D eigenvalue weighted by Crippen LogP contribution is -2.34. The highest BCUT2D eigenvalue weighted by atomic mass is 32.2. The van der Waals surface area contributed by atoms with Gasteiger partial charge in [-0.2, -0.15) is 4.31 Å². The normalized spacial score (nSPS) is 16.0. The van der Waals surface area contributed by atoms with Gasteiger partial charge in [-0.25, -0.2) is 13.4 Å². The molecular weight excluding hydrogens is 412 g/mol. The summed E-state index contributed by atoms with van der Waals surface area (Å²) >= 11 is 0. The first-order valence-electron chi connectivity index (χ1n) is 11.7. The topological polar surface area (TPSA) is 84.3 Å². The molecule has 0 spiro atoms. The van der Waals surface area contributed by atoms with Crippen molar-refractivity contribution in [2.45, 2.75) is 89.6 Å². The van der Waals surface area contributed by atoms with Crippen molar-refractivity contribution in [1.29, 1.82) is 0 Å². The molecule has 8 heteroatoms. The fourth-order valence-corrected chi connectivity index (χ4v) is 6.00. The first-order chi connectivity index (χ1) is 14.9. The summed E-state index contributed by atoms with van der Waals surface area (Å²) in [4.78, 5) is 17.5. The molecule has 3 rings (SSSR count). The smallest absolute Gasteiger partial charge is 0.243 e. The molecule has 0 radical (unpaired) electrons. The van der Waals surface area contributed by atoms with Crippen LogP contribution in [-0.2, 0) is 27.8 Å². The van der Waals surface area contributed by atoms with E-state index in [2.05, 4.69) is 9.88 Å². The second-order valence-corrected chi connectivity index (χ2v) is 10.2. The van der Waals surface area contributed by atoms with Crippen LogP contribution < -0.4 is 5.32 Å². The third-order valence-electron chi connectivity index (χ3n) is 6.25. The molecule has 0 saturated heterocycles. The number of aromatic nitrogens is 2. The number of rotatable bonds is 9. The van der Waals surface area contributed by atoms with E-state index >= 15 is 0 Å². The Kier molecular flexibility index (Phi) is 8.11. The van der Waals surface area contributed by atoms with Gasteiger partial charge in [0.25, 0.3) is 0 Å². The number of fused-ring (bicyclic) bond motifs is 1. The van der Waals surface area contributed by atoms with Gasteiger partial charge in [-0.1, -0.05) is 39.5 Å². The van der Waals surface area contributed by atoms with Crippen LogP contribution in [0.3, 0.4) is 0 Å².